The molecular formula is C25H26N4O4. The molecule has 1 saturated carbocycles. The summed E-state index contributed by atoms with van der Waals surface area (Å²) < 4.78 is 12.5. The predicted molar refractivity (Wildman–Crippen MR) is 122 cm³/mol. The van der Waals surface area contributed by atoms with E-state index < -0.39 is 12.1 Å². The summed E-state index contributed by atoms with van der Waals surface area (Å²) in [7, 11) is 1.68. The number of rotatable bonds is 5. The zero-order valence-corrected chi connectivity index (χ0v) is 18.5. The lowest BCUT2D eigenvalue weighted by Crippen LogP contribution is -2.46. The van der Waals surface area contributed by atoms with Crippen LogP contribution in [0, 0.1) is 16.7 Å². The average Bonchev–Trinajstić information content (AvgIpc) is 3.59. The number of nitriles is 1. The van der Waals surface area contributed by atoms with Crippen LogP contribution in [0.3, 0.4) is 0 Å². The Balaban J connectivity index is 1.23. The number of amides is 1. The van der Waals surface area contributed by atoms with Gasteiger partial charge in [-0.05, 0) is 41.7 Å². The van der Waals surface area contributed by atoms with Crippen LogP contribution in [-0.4, -0.2) is 42.3 Å². The molecule has 1 aliphatic carbocycles. The van der Waals surface area contributed by atoms with Gasteiger partial charge in [-0.25, -0.2) is 4.79 Å². The van der Waals surface area contributed by atoms with Gasteiger partial charge in [0.1, 0.15) is 12.1 Å². The molecule has 170 valence electrons. The molecule has 0 bridgehead atoms. The van der Waals surface area contributed by atoms with Crippen molar-refractivity contribution in [3.63, 3.8) is 0 Å². The number of benzene rings is 2. The molecule has 1 amide bonds. The van der Waals surface area contributed by atoms with Gasteiger partial charge < -0.3 is 19.8 Å². The Labute approximate surface area is 191 Å². The molecule has 33 heavy (non-hydrogen) atoms. The van der Waals surface area contributed by atoms with E-state index >= 15 is 0 Å². The topological polar surface area (TPSA) is 109 Å². The highest BCUT2D eigenvalue weighted by atomic mass is 16.5. The largest absolute Gasteiger partial charge is 0.419 e. The molecule has 1 aliphatic heterocycles. The molecule has 5 rings (SSSR count). The molecule has 2 heterocycles. The number of oxazole rings is 1. The number of hydrogen-bond donors (Lipinski definition) is 2. The highest BCUT2D eigenvalue weighted by molar-refractivity contribution is 5.82. The van der Waals surface area contributed by atoms with Crippen LogP contribution in [0.4, 0.5) is 0 Å². The van der Waals surface area contributed by atoms with Gasteiger partial charge in [0.15, 0.2) is 5.58 Å². The minimum absolute atomic E-state index is 0.211. The Bertz CT molecular complexity index is 1280. The molecule has 3 aromatic rings. The maximum absolute atomic E-state index is 12.7. The van der Waals surface area contributed by atoms with Gasteiger partial charge >= 0.3 is 5.76 Å². The van der Waals surface area contributed by atoms with E-state index in [-0.39, 0.29) is 17.1 Å². The summed E-state index contributed by atoms with van der Waals surface area (Å²) in [6.07, 6.45) is 2.11. The average molecular weight is 447 g/mol. The van der Waals surface area contributed by atoms with Crippen molar-refractivity contribution in [2.45, 2.75) is 31.4 Å². The number of carbonyl (C=O) groups excluding carboxylic acids is 1. The number of ether oxygens (including phenoxy) is 1. The van der Waals surface area contributed by atoms with E-state index in [1.165, 1.54) is 4.57 Å². The second-order valence-electron chi connectivity index (χ2n) is 9.13. The fraction of sp³-hybridized carbons (Fsp3) is 0.400. The fourth-order valence-corrected chi connectivity index (χ4v) is 4.29. The van der Waals surface area contributed by atoms with Crippen LogP contribution >= 0.6 is 0 Å². The fourth-order valence-electron chi connectivity index (χ4n) is 4.29. The quantitative estimate of drug-likeness (QED) is 0.621. The van der Waals surface area contributed by atoms with E-state index in [1.54, 1.807) is 13.1 Å². The molecule has 0 unspecified atom stereocenters. The van der Waals surface area contributed by atoms with Crippen LogP contribution in [0.2, 0.25) is 0 Å². The molecule has 1 aromatic heterocycles. The first-order valence-corrected chi connectivity index (χ1v) is 11.2. The molecule has 2 fully saturated rings. The van der Waals surface area contributed by atoms with E-state index in [1.807, 2.05) is 36.4 Å². The van der Waals surface area contributed by atoms with Crippen LogP contribution in [-0.2, 0) is 23.0 Å². The number of fused-ring (bicyclic) bond motifs is 1. The van der Waals surface area contributed by atoms with Crippen molar-refractivity contribution >= 4 is 17.0 Å². The number of aryl methyl sites for hydroxylation is 1. The van der Waals surface area contributed by atoms with E-state index in [4.69, 9.17) is 9.15 Å². The summed E-state index contributed by atoms with van der Waals surface area (Å²) in [4.78, 5) is 24.4. The van der Waals surface area contributed by atoms with Crippen molar-refractivity contribution in [1.82, 2.24) is 15.2 Å². The molecule has 8 heteroatoms. The SMILES string of the molecule is Cn1c(=O)oc2ccc(-c3ccc(C[C@@H](C#N)NC(=O)[C@@H]4CNCC5(CC5)CO4)cc3)cc21. The summed E-state index contributed by atoms with van der Waals surface area (Å²) in [6, 6.07) is 15.0. The third kappa shape index (κ3) is 4.42. The zero-order chi connectivity index (χ0) is 23.0. The number of hydrogen-bond acceptors (Lipinski definition) is 6. The van der Waals surface area contributed by atoms with Gasteiger partial charge in [0, 0.05) is 32.0 Å². The lowest BCUT2D eigenvalue weighted by atomic mass is 10.0. The summed E-state index contributed by atoms with van der Waals surface area (Å²) in [5.41, 5.74) is 4.38. The lowest BCUT2D eigenvalue weighted by molar-refractivity contribution is -0.133. The zero-order valence-electron chi connectivity index (χ0n) is 18.5. The molecule has 2 aromatic carbocycles. The van der Waals surface area contributed by atoms with Crippen LogP contribution in [0.1, 0.15) is 18.4 Å². The van der Waals surface area contributed by atoms with Crippen molar-refractivity contribution in [2.75, 3.05) is 19.7 Å². The number of aromatic nitrogens is 1. The van der Waals surface area contributed by atoms with Gasteiger partial charge in [-0.3, -0.25) is 9.36 Å². The molecule has 2 aliphatic rings. The molecular weight excluding hydrogens is 420 g/mol. The van der Waals surface area contributed by atoms with E-state index in [0.717, 1.165) is 41.6 Å². The van der Waals surface area contributed by atoms with E-state index in [9.17, 15) is 14.9 Å². The maximum Gasteiger partial charge on any atom is 0.419 e. The van der Waals surface area contributed by atoms with Crippen molar-refractivity contribution in [1.29, 1.82) is 5.26 Å². The predicted octanol–water partition coefficient (Wildman–Crippen LogP) is 2.12. The number of nitrogens with one attached hydrogen (secondary N) is 2. The summed E-state index contributed by atoms with van der Waals surface area (Å²) >= 11 is 0. The first kappa shape index (κ1) is 21.4. The highest BCUT2D eigenvalue weighted by Crippen LogP contribution is 2.46. The standard InChI is InChI=1S/C25H26N4O4/c1-29-20-11-18(6-7-21(20)33-24(29)31)17-4-2-16(3-5-17)10-19(12-26)28-23(30)22-13-27-14-25(8-9-25)15-32-22/h2-7,11,19,22,27H,8-10,13-15H2,1H3,(H,28,30)/t19-,22-/m0/s1. The molecule has 1 saturated heterocycles. The summed E-state index contributed by atoms with van der Waals surface area (Å²) in [5, 5.41) is 15.7. The Kier molecular flexibility index (Phi) is 5.52. The number of nitrogens with zero attached hydrogens (tertiary/aromatic N) is 2. The molecule has 1 spiro atoms. The minimum Gasteiger partial charge on any atom is -0.408 e. The monoisotopic (exact) mass is 446 g/mol. The Hall–Kier alpha value is -3.41. The van der Waals surface area contributed by atoms with Crippen LogP contribution < -0.4 is 16.4 Å². The minimum atomic E-state index is -0.637. The normalized spacial score (nSPS) is 20.2. The van der Waals surface area contributed by atoms with E-state index in [0.29, 0.717) is 25.2 Å². The van der Waals surface area contributed by atoms with Crippen molar-refractivity contribution < 1.29 is 13.9 Å². The molecule has 2 N–H and O–H groups in total. The van der Waals surface area contributed by atoms with Crippen molar-refractivity contribution in [2.24, 2.45) is 12.5 Å². The molecule has 2 atom stereocenters. The van der Waals surface area contributed by atoms with Crippen molar-refractivity contribution in [3.05, 3.63) is 58.6 Å². The first-order chi connectivity index (χ1) is 16.0. The molecule has 0 radical (unpaired) electrons. The third-order valence-corrected chi connectivity index (χ3v) is 6.66. The third-order valence-electron chi connectivity index (χ3n) is 6.66. The maximum atomic E-state index is 12.7. The smallest absolute Gasteiger partial charge is 0.408 e. The van der Waals surface area contributed by atoms with Crippen LogP contribution in [0.15, 0.2) is 51.7 Å². The van der Waals surface area contributed by atoms with Gasteiger partial charge in [-0.2, -0.15) is 5.26 Å². The van der Waals surface area contributed by atoms with E-state index in [2.05, 4.69) is 16.7 Å². The second-order valence-corrected chi connectivity index (χ2v) is 9.13. The highest BCUT2D eigenvalue weighted by Gasteiger charge is 2.45. The van der Waals surface area contributed by atoms with Gasteiger partial charge in [0.05, 0.1) is 18.2 Å². The Morgan fingerprint density at radius 2 is 2.03 bits per heavy atom. The number of carbonyl (C=O) groups is 1. The van der Waals surface area contributed by atoms with Crippen LogP contribution in [0.5, 0.6) is 0 Å². The molecule has 8 nitrogen and oxygen atoms in total. The lowest BCUT2D eigenvalue weighted by Gasteiger charge is -2.18. The van der Waals surface area contributed by atoms with Crippen molar-refractivity contribution in [3.8, 4) is 17.2 Å². The van der Waals surface area contributed by atoms with Gasteiger partial charge in [-0.1, -0.05) is 30.3 Å². The summed E-state index contributed by atoms with van der Waals surface area (Å²) in [6.45, 7) is 1.94. The summed E-state index contributed by atoms with van der Waals surface area (Å²) in [5.74, 6) is -0.637. The Morgan fingerprint density at radius 3 is 2.76 bits per heavy atom. The first-order valence-electron chi connectivity index (χ1n) is 11.2. The Morgan fingerprint density at radius 1 is 1.27 bits per heavy atom. The second kappa shape index (κ2) is 8.50. The van der Waals surface area contributed by atoms with Gasteiger partial charge in [0.2, 0.25) is 0 Å². The van der Waals surface area contributed by atoms with Gasteiger partial charge in [0.25, 0.3) is 5.91 Å². The van der Waals surface area contributed by atoms with Crippen LogP contribution in [0.25, 0.3) is 22.2 Å². The van der Waals surface area contributed by atoms with Gasteiger partial charge in [-0.15, -0.1) is 0 Å².